The summed E-state index contributed by atoms with van der Waals surface area (Å²) in [5.74, 6) is 0. The molecule has 0 spiro atoms. The summed E-state index contributed by atoms with van der Waals surface area (Å²) in [6.07, 6.45) is 4.55. The number of nitrogens with zero attached hydrogens (tertiary/aromatic N) is 4. The summed E-state index contributed by atoms with van der Waals surface area (Å²) in [5, 5.41) is 24.4. The van der Waals surface area contributed by atoms with Crippen LogP contribution in [0, 0.1) is 20.2 Å². The minimum atomic E-state index is -0.508. The fraction of sp³-hybridized carbons (Fsp3) is 0.333. The molecule has 204 valence electrons. The van der Waals surface area contributed by atoms with E-state index >= 15 is 0 Å². The Kier molecular flexibility index (Phi) is 8.10. The Hall–Kier alpha value is -2.78. The van der Waals surface area contributed by atoms with Crippen LogP contribution in [0.1, 0.15) is 55.3 Å². The van der Waals surface area contributed by atoms with Crippen molar-refractivity contribution in [2.45, 2.75) is 44.2 Å². The van der Waals surface area contributed by atoms with Crippen molar-refractivity contribution < 1.29 is 9.85 Å². The van der Waals surface area contributed by atoms with Crippen LogP contribution in [0.15, 0.2) is 48.5 Å². The summed E-state index contributed by atoms with van der Waals surface area (Å²) in [6, 6.07) is 12.7. The Morgan fingerprint density at radius 1 is 0.667 bits per heavy atom. The molecule has 0 aliphatic carbocycles. The van der Waals surface area contributed by atoms with Gasteiger partial charge in [-0.05, 0) is 67.5 Å². The van der Waals surface area contributed by atoms with Gasteiger partial charge in [-0.2, -0.15) is 0 Å². The van der Waals surface area contributed by atoms with Crippen molar-refractivity contribution >= 4 is 69.2 Å². The van der Waals surface area contributed by atoms with Gasteiger partial charge in [0.15, 0.2) is 0 Å². The maximum absolute atomic E-state index is 11.6. The third-order valence-electron chi connectivity index (χ3n) is 7.46. The van der Waals surface area contributed by atoms with E-state index in [0.717, 1.165) is 31.6 Å². The molecule has 2 heterocycles. The van der Waals surface area contributed by atoms with Gasteiger partial charge in [-0.25, -0.2) is 0 Å². The minimum absolute atomic E-state index is 0.0511. The fourth-order valence-corrected chi connectivity index (χ4v) is 6.79. The van der Waals surface area contributed by atoms with Crippen molar-refractivity contribution in [3.63, 3.8) is 0 Å². The molecule has 5 rings (SSSR count). The zero-order chi connectivity index (χ0) is 27.8. The van der Waals surface area contributed by atoms with E-state index in [2.05, 4.69) is 9.80 Å². The van der Waals surface area contributed by atoms with Gasteiger partial charge in [-0.3, -0.25) is 20.2 Å². The first kappa shape index (κ1) is 27.8. The van der Waals surface area contributed by atoms with E-state index in [9.17, 15) is 20.2 Å². The molecule has 2 atom stereocenters. The van der Waals surface area contributed by atoms with Crippen LogP contribution >= 0.6 is 46.4 Å². The molecule has 0 aromatic heterocycles. The van der Waals surface area contributed by atoms with Crippen LogP contribution in [0.4, 0.5) is 22.7 Å². The van der Waals surface area contributed by atoms with E-state index in [1.54, 1.807) is 12.1 Å². The van der Waals surface area contributed by atoms with E-state index in [-0.39, 0.29) is 33.5 Å². The molecule has 39 heavy (non-hydrogen) atoms. The summed E-state index contributed by atoms with van der Waals surface area (Å²) >= 11 is 25.9. The topological polar surface area (TPSA) is 92.8 Å². The highest BCUT2D eigenvalue weighted by Crippen LogP contribution is 2.51. The predicted octanol–water partition coefficient (Wildman–Crippen LogP) is 9.19. The molecule has 2 aliphatic heterocycles. The Balaban J connectivity index is 1.62. The number of rotatable bonds is 6. The molecule has 3 aromatic rings. The molecule has 0 bridgehead atoms. The molecule has 8 nitrogen and oxygen atoms in total. The maximum atomic E-state index is 11.6. The molecule has 12 heteroatoms. The van der Waals surface area contributed by atoms with Gasteiger partial charge in [0, 0.05) is 30.9 Å². The first-order valence-corrected chi connectivity index (χ1v) is 14.1. The molecule has 0 radical (unpaired) electrons. The molecule has 2 aliphatic rings. The zero-order valence-corrected chi connectivity index (χ0v) is 23.7. The van der Waals surface area contributed by atoms with Gasteiger partial charge in [0.2, 0.25) is 0 Å². The number of anilines is 2. The summed E-state index contributed by atoms with van der Waals surface area (Å²) in [6.45, 7) is 1.74. The highest BCUT2D eigenvalue weighted by molar-refractivity contribution is 6.39. The van der Waals surface area contributed by atoms with Gasteiger partial charge in [-0.1, -0.05) is 58.5 Å². The van der Waals surface area contributed by atoms with E-state index < -0.39 is 9.85 Å². The molecule has 0 unspecified atom stereocenters. The number of halogens is 4. The molecule has 0 saturated carbocycles. The average molecular weight is 610 g/mol. The molecular weight excluding hydrogens is 586 g/mol. The quantitative estimate of drug-likeness (QED) is 0.204. The van der Waals surface area contributed by atoms with Crippen molar-refractivity contribution in [3.05, 3.63) is 100.0 Å². The molecular formula is C27H24Cl4N4O4. The second-order valence-electron chi connectivity index (χ2n) is 9.76. The van der Waals surface area contributed by atoms with Crippen molar-refractivity contribution in [2.75, 3.05) is 22.9 Å². The van der Waals surface area contributed by atoms with Crippen molar-refractivity contribution in [2.24, 2.45) is 0 Å². The van der Waals surface area contributed by atoms with E-state index in [4.69, 9.17) is 46.4 Å². The molecule has 0 amide bonds. The average Bonchev–Trinajstić information content (AvgIpc) is 3.34. The Labute approximate surface area is 245 Å². The molecule has 3 aromatic carbocycles. The SMILES string of the molecule is O=[N+]([O-])c1cc([C@H]2CC[C@H](c3ccc(Cl)c([N+](=O)[O-])c3)N2c2cc(Cl)c(N3CCCCC3)c(Cl)c2)ccc1Cl. The number of nitro groups is 2. The molecule has 0 N–H and O–H groups in total. The van der Waals surface area contributed by atoms with Crippen LogP contribution in [0.5, 0.6) is 0 Å². The lowest BCUT2D eigenvalue weighted by molar-refractivity contribution is -0.384. The Bertz CT molecular complexity index is 1350. The minimum Gasteiger partial charge on any atom is -0.369 e. The predicted molar refractivity (Wildman–Crippen MR) is 156 cm³/mol. The largest absolute Gasteiger partial charge is 0.369 e. The van der Waals surface area contributed by atoms with Crippen LogP contribution in [0.25, 0.3) is 0 Å². The van der Waals surface area contributed by atoms with Gasteiger partial charge in [0.25, 0.3) is 11.4 Å². The summed E-state index contributed by atoms with van der Waals surface area (Å²) in [4.78, 5) is 26.5. The van der Waals surface area contributed by atoms with Gasteiger partial charge < -0.3 is 9.80 Å². The second-order valence-corrected chi connectivity index (χ2v) is 11.4. The first-order chi connectivity index (χ1) is 18.7. The van der Waals surface area contributed by atoms with Gasteiger partial charge in [0.1, 0.15) is 10.0 Å². The number of hydrogen-bond acceptors (Lipinski definition) is 6. The molecule has 2 saturated heterocycles. The van der Waals surface area contributed by atoms with E-state index in [0.29, 0.717) is 39.7 Å². The number of piperidine rings is 1. The third kappa shape index (κ3) is 5.48. The van der Waals surface area contributed by atoms with Crippen LogP contribution in [-0.2, 0) is 0 Å². The van der Waals surface area contributed by atoms with Crippen LogP contribution in [0.2, 0.25) is 20.1 Å². The smallest absolute Gasteiger partial charge is 0.288 e. The standard InChI is InChI=1S/C27H24Cl4N4O4/c28-19-6-4-16(12-25(19)34(36)37)23-8-9-24(17-5-7-20(29)26(13-17)35(38)39)33(23)18-14-21(30)27(22(31)15-18)32-10-2-1-3-11-32/h4-7,12-15,23-24H,1-3,8-11H2/t23-,24-/m1/s1. The lowest BCUT2D eigenvalue weighted by atomic mass is 10.0. The number of hydrogen-bond donors (Lipinski definition) is 0. The maximum Gasteiger partial charge on any atom is 0.288 e. The van der Waals surface area contributed by atoms with Crippen molar-refractivity contribution in [1.82, 2.24) is 0 Å². The summed E-state index contributed by atoms with van der Waals surface area (Å²) in [7, 11) is 0. The second kappa shape index (κ2) is 11.4. The number of benzene rings is 3. The summed E-state index contributed by atoms with van der Waals surface area (Å²) in [5.41, 5.74) is 2.54. The van der Waals surface area contributed by atoms with E-state index in [1.807, 2.05) is 12.1 Å². The van der Waals surface area contributed by atoms with Gasteiger partial charge in [0.05, 0.1) is 37.7 Å². The van der Waals surface area contributed by atoms with Gasteiger partial charge >= 0.3 is 0 Å². The summed E-state index contributed by atoms with van der Waals surface area (Å²) < 4.78 is 0. The van der Waals surface area contributed by atoms with Crippen molar-refractivity contribution in [1.29, 1.82) is 0 Å². The normalized spacial score (nSPS) is 19.4. The molecule has 2 fully saturated rings. The lowest BCUT2D eigenvalue weighted by Crippen LogP contribution is -2.30. The highest BCUT2D eigenvalue weighted by Gasteiger charge is 2.38. The van der Waals surface area contributed by atoms with Crippen LogP contribution in [0.3, 0.4) is 0 Å². The lowest BCUT2D eigenvalue weighted by Gasteiger charge is -2.35. The Morgan fingerprint density at radius 3 is 1.56 bits per heavy atom. The third-order valence-corrected chi connectivity index (χ3v) is 8.68. The van der Waals surface area contributed by atoms with Crippen LogP contribution < -0.4 is 9.80 Å². The number of nitro benzene ring substituents is 2. The zero-order valence-electron chi connectivity index (χ0n) is 20.7. The fourth-order valence-electron chi connectivity index (χ4n) is 5.70. The van der Waals surface area contributed by atoms with Gasteiger partial charge in [-0.15, -0.1) is 0 Å². The highest BCUT2D eigenvalue weighted by atomic mass is 35.5. The first-order valence-electron chi connectivity index (χ1n) is 12.6. The monoisotopic (exact) mass is 608 g/mol. The van der Waals surface area contributed by atoms with Crippen molar-refractivity contribution in [3.8, 4) is 0 Å². The Morgan fingerprint density at radius 2 is 1.13 bits per heavy atom. The van der Waals surface area contributed by atoms with E-state index in [1.165, 1.54) is 30.7 Å². The van der Waals surface area contributed by atoms with Crippen LogP contribution in [-0.4, -0.2) is 22.9 Å².